The highest BCUT2D eigenvalue weighted by molar-refractivity contribution is 7.90. The molecule has 2 aromatic heterocycles. The Morgan fingerprint density at radius 2 is 2.03 bits per heavy atom. The average molecular weight is 452 g/mol. The van der Waals surface area contributed by atoms with Crippen molar-refractivity contribution in [3.63, 3.8) is 0 Å². The van der Waals surface area contributed by atoms with Gasteiger partial charge in [0.15, 0.2) is 5.84 Å². The summed E-state index contributed by atoms with van der Waals surface area (Å²) < 4.78 is 30.8. The monoisotopic (exact) mass is 451 g/mol. The number of nitrogens with one attached hydrogen (secondary N) is 1. The second kappa shape index (κ2) is 7.16. The zero-order chi connectivity index (χ0) is 20.9. The van der Waals surface area contributed by atoms with E-state index in [9.17, 15) is 18.3 Å². The fourth-order valence-corrected chi connectivity index (χ4v) is 5.87. The highest BCUT2D eigenvalue weighted by Gasteiger charge is 2.31. The molecule has 29 heavy (non-hydrogen) atoms. The number of thiophene rings is 1. The summed E-state index contributed by atoms with van der Waals surface area (Å²) in [7, 11) is -4.05. The van der Waals surface area contributed by atoms with Crippen molar-refractivity contribution in [2.75, 3.05) is 5.32 Å². The molecule has 3 aromatic rings. The smallest absolute Gasteiger partial charge is 0.287 e. The van der Waals surface area contributed by atoms with Gasteiger partial charge < -0.3 is 15.0 Å². The van der Waals surface area contributed by atoms with Crippen molar-refractivity contribution < 1.29 is 13.5 Å². The van der Waals surface area contributed by atoms with Gasteiger partial charge in [0.05, 0.1) is 9.85 Å². The molecule has 152 valence electrons. The molecule has 0 amide bonds. The maximum atomic E-state index is 13.3. The third-order valence-corrected chi connectivity index (χ3v) is 7.31. The number of hydrogen-bond acceptors (Lipinski definition) is 6. The number of fused-ring (bicyclic) bond motifs is 2. The van der Waals surface area contributed by atoms with E-state index in [1.807, 2.05) is 0 Å². The molecule has 1 aliphatic heterocycles. The number of halogens is 1. The Balaban J connectivity index is 1.97. The number of aromatic nitrogens is 1. The summed E-state index contributed by atoms with van der Waals surface area (Å²) in [5.41, 5.74) is -0.0980. The van der Waals surface area contributed by atoms with E-state index in [2.05, 4.69) is 23.6 Å². The van der Waals surface area contributed by atoms with Crippen molar-refractivity contribution >= 4 is 54.7 Å². The van der Waals surface area contributed by atoms with Crippen molar-refractivity contribution in [3.8, 4) is 5.75 Å². The number of nitrogens with zero attached hydrogens (tertiary/aromatic N) is 2. The van der Waals surface area contributed by atoms with Crippen LogP contribution in [0.3, 0.4) is 0 Å². The van der Waals surface area contributed by atoms with Gasteiger partial charge in [-0.3, -0.25) is 4.79 Å². The van der Waals surface area contributed by atoms with Gasteiger partial charge in [0.25, 0.3) is 15.6 Å². The van der Waals surface area contributed by atoms with Crippen LogP contribution in [0.15, 0.2) is 44.4 Å². The number of sulfonamides is 1. The van der Waals surface area contributed by atoms with Crippen molar-refractivity contribution in [1.82, 2.24) is 4.57 Å². The van der Waals surface area contributed by atoms with Gasteiger partial charge in [0.2, 0.25) is 0 Å². The highest BCUT2D eigenvalue weighted by atomic mass is 35.5. The van der Waals surface area contributed by atoms with Crippen LogP contribution in [0.5, 0.6) is 5.75 Å². The number of para-hydroxylation sites is 1. The van der Waals surface area contributed by atoms with E-state index < -0.39 is 15.6 Å². The first kappa shape index (κ1) is 19.9. The molecular weight excluding hydrogens is 434 g/mol. The second-order valence-electron chi connectivity index (χ2n) is 7.16. The number of aromatic hydroxyl groups is 1. The number of hydrogen-bond donors (Lipinski definition) is 2. The third-order valence-electron chi connectivity index (χ3n) is 4.70. The van der Waals surface area contributed by atoms with Gasteiger partial charge in [-0.1, -0.05) is 37.6 Å². The molecule has 2 N–H and O–H groups in total. The highest BCUT2D eigenvalue weighted by Crippen LogP contribution is 2.39. The first-order valence-corrected chi connectivity index (χ1v) is 11.6. The molecule has 1 aromatic carbocycles. The number of rotatable bonds is 4. The molecular formula is C19H18ClN3O4S2. The summed E-state index contributed by atoms with van der Waals surface area (Å²) in [5, 5.41) is 14.4. The number of pyridine rings is 1. The lowest BCUT2D eigenvalue weighted by molar-refractivity contribution is 0.474. The van der Waals surface area contributed by atoms with Crippen LogP contribution in [-0.4, -0.2) is 23.9 Å². The lowest BCUT2D eigenvalue weighted by Gasteiger charge is -2.19. The fourth-order valence-electron chi connectivity index (χ4n) is 3.24. The summed E-state index contributed by atoms with van der Waals surface area (Å²) in [6.07, 6.45) is 0.747. The lowest BCUT2D eigenvalue weighted by Crippen LogP contribution is -2.32. The molecule has 0 atom stereocenters. The molecule has 0 radical (unpaired) electrons. The van der Waals surface area contributed by atoms with Gasteiger partial charge in [0, 0.05) is 11.9 Å². The van der Waals surface area contributed by atoms with Crippen molar-refractivity contribution in [3.05, 3.63) is 50.6 Å². The molecule has 1 aliphatic rings. The van der Waals surface area contributed by atoms with E-state index in [1.54, 1.807) is 28.8 Å². The minimum Gasteiger partial charge on any atom is -0.506 e. The number of benzene rings is 1. The quantitative estimate of drug-likeness (QED) is 0.623. The third kappa shape index (κ3) is 3.43. The largest absolute Gasteiger partial charge is 0.506 e. The Bertz CT molecular complexity index is 1320. The van der Waals surface area contributed by atoms with E-state index in [0.717, 1.165) is 17.8 Å². The van der Waals surface area contributed by atoms with Crippen LogP contribution in [0.2, 0.25) is 4.34 Å². The Kier molecular flexibility index (Phi) is 4.92. The molecule has 0 unspecified atom stereocenters. The maximum absolute atomic E-state index is 13.3. The standard InChI is InChI=1S/C19H18ClN3O4S2/c1-10(2)7-8-23-12-6-4-3-5-11(12)16(24)15(19(23)25)17-21-18-13(9-14(20)28-18)29(26,27)22-17/h3-6,9-10,24H,7-8H2,1-2H3,(H,21,22). The minimum absolute atomic E-state index is 0.0448. The van der Waals surface area contributed by atoms with Gasteiger partial charge in [0.1, 0.15) is 21.2 Å². The molecule has 0 fully saturated rings. The maximum Gasteiger partial charge on any atom is 0.287 e. The van der Waals surface area contributed by atoms with Crippen molar-refractivity contribution in [2.24, 2.45) is 10.3 Å². The summed E-state index contributed by atoms with van der Waals surface area (Å²) >= 11 is 6.98. The zero-order valence-electron chi connectivity index (χ0n) is 15.6. The molecule has 3 heterocycles. The zero-order valence-corrected chi connectivity index (χ0v) is 18.0. The number of aryl methyl sites for hydroxylation is 1. The number of anilines is 1. The normalized spacial score (nSPS) is 15.2. The first-order chi connectivity index (χ1) is 13.7. The van der Waals surface area contributed by atoms with Crippen LogP contribution in [-0.2, 0) is 16.6 Å². The topological polar surface area (TPSA) is 101 Å². The minimum atomic E-state index is -4.05. The molecule has 0 saturated heterocycles. The Hall–Kier alpha value is -2.36. The van der Waals surface area contributed by atoms with Crippen LogP contribution in [0.1, 0.15) is 25.8 Å². The van der Waals surface area contributed by atoms with Crippen LogP contribution in [0, 0.1) is 5.92 Å². The molecule has 10 heteroatoms. The van der Waals surface area contributed by atoms with E-state index in [0.29, 0.717) is 23.4 Å². The Labute approximate surface area is 176 Å². The summed E-state index contributed by atoms with van der Waals surface area (Å²) in [6.45, 7) is 4.53. The Morgan fingerprint density at radius 1 is 1.31 bits per heavy atom. The predicted octanol–water partition coefficient (Wildman–Crippen LogP) is 4.03. The van der Waals surface area contributed by atoms with Crippen LogP contribution >= 0.6 is 22.9 Å². The van der Waals surface area contributed by atoms with Crippen LogP contribution < -0.4 is 10.9 Å². The van der Waals surface area contributed by atoms with Gasteiger partial charge in [-0.05, 0) is 30.5 Å². The first-order valence-electron chi connectivity index (χ1n) is 8.95. The summed E-state index contributed by atoms with van der Waals surface area (Å²) in [4.78, 5) is 13.3. The van der Waals surface area contributed by atoms with Crippen molar-refractivity contribution in [1.29, 1.82) is 0 Å². The average Bonchev–Trinajstić information content (AvgIpc) is 3.02. The molecule has 0 bridgehead atoms. The molecule has 7 nitrogen and oxygen atoms in total. The van der Waals surface area contributed by atoms with Crippen LogP contribution in [0.4, 0.5) is 5.00 Å². The SMILES string of the molecule is CC(C)CCn1c(=O)c(C2=NS(=O)(=O)c3cc(Cl)sc3N2)c(O)c2ccccc21. The fraction of sp³-hybridized carbons (Fsp3) is 0.263. The lowest BCUT2D eigenvalue weighted by atomic mass is 10.1. The number of amidine groups is 1. The van der Waals surface area contributed by atoms with E-state index in [-0.39, 0.29) is 31.4 Å². The summed E-state index contributed by atoms with van der Waals surface area (Å²) in [5.74, 6) is -0.152. The van der Waals surface area contributed by atoms with E-state index in [1.165, 1.54) is 6.07 Å². The second-order valence-corrected chi connectivity index (χ2v) is 10.4. The Morgan fingerprint density at radius 3 is 2.76 bits per heavy atom. The van der Waals surface area contributed by atoms with Gasteiger partial charge in [-0.2, -0.15) is 8.42 Å². The van der Waals surface area contributed by atoms with Gasteiger partial charge in [-0.25, -0.2) is 0 Å². The molecule has 0 saturated carbocycles. The van der Waals surface area contributed by atoms with Gasteiger partial charge >= 0.3 is 0 Å². The van der Waals surface area contributed by atoms with E-state index in [4.69, 9.17) is 11.6 Å². The van der Waals surface area contributed by atoms with Crippen LogP contribution in [0.25, 0.3) is 10.9 Å². The molecule has 4 rings (SSSR count). The van der Waals surface area contributed by atoms with Crippen molar-refractivity contribution in [2.45, 2.75) is 31.7 Å². The van der Waals surface area contributed by atoms with Gasteiger partial charge in [-0.15, -0.1) is 15.7 Å². The molecule has 0 spiro atoms. The van der Waals surface area contributed by atoms with E-state index >= 15 is 0 Å². The molecule has 0 aliphatic carbocycles. The summed E-state index contributed by atoms with van der Waals surface area (Å²) in [6, 6.07) is 8.28. The predicted molar refractivity (Wildman–Crippen MR) is 116 cm³/mol.